The summed E-state index contributed by atoms with van der Waals surface area (Å²) >= 11 is 0. The Morgan fingerprint density at radius 3 is 2.34 bits per heavy atom. The number of nitrogens with zero attached hydrogens (tertiary/aromatic N) is 8. The maximum Gasteiger partial charge on any atom is 0.284 e. The van der Waals surface area contributed by atoms with Gasteiger partial charge in [0.15, 0.2) is 17.1 Å². The molecule has 1 N–H and O–H groups in total. The second-order valence-corrected chi connectivity index (χ2v) is 12.1. The SMILES string of the molecule is CC(C)(C)C(=O)N1CCN(Cc2ccc(Nc3ncc4c(=O)n5c(nc4n3)c3ccccc3n5-c3ccccn3)cc2)CC1. The van der Waals surface area contributed by atoms with E-state index in [9.17, 15) is 9.59 Å². The van der Waals surface area contributed by atoms with Crippen LogP contribution in [0.25, 0.3) is 33.4 Å². The molecule has 0 atom stereocenters. The average molecular weight is 588 g/mol. The quantitative estimate of drug-likeness (QED) is 0.316. The zero-order valence-corrected chi connectivity index (χ0v) is 24.9. The highest BCUT2D eigenvalue weighted by atomic mass is 16.2. The van der Waals surface area contributed by atoms with E-state index >= 15 is 0 Å². The molecular weight excluding hydrogens is 554 g/mol. The molecule has 1 fully saturated rings. The van der Waals surface area contributed by atoms with E-state index in [1.165, 1.54) is 16.3 Å². The molecule has 1 aliphatic heterocycles. The number of para-hydroxylation sites is 1. The molecule has 0 bridgehead atoms. The number of piperazine rings is 1. The van der Waals surface area contributed by atoms with Crippen molar-refractivity contribution in [1.82, 2.24) is 38.9 Å². The van der Waals surface area contributed by atoms with Gasteiger partial charge in [0.1, 0.15) is 5.39 Å². The maximum absolute atomic E-state index is 13.8. The number of hydrogen-bond donors (Lipinski definition) is 1. The predicted molar refractivity (Wildman–Crippen MR) is 170 cm³/mol. The van der Waals surface area contributed by atoms with Crippen molar-refractivity contribution >= 4 is 45.1 Å². The maximum atomic E-state index is 13.8. The van der Waals surface area contributed by atoms with Gasteiger partial charge in [-0.25, -0.2) is 19.6 Å². The van der Waals surface area contributed by atoms with Crippen LogP contribution in [0.2, 0.25) is 0 Å². The smallest absolute Gasteiger partial charge is 0.284 e. The zero-order chi connectivity index (χ0) is 30.4. The molecule has 0 aliphatic carbocycles. The third-order valence-electron chi connectivity index (χ3n) is 7.96. The summed E-state index contributed by atoms with van der Waals surface area (Å²) in [4.78, 5) is 49.1. The molecule has 0 spiro atoms. The number of aromatic nitrogens is 6. The third-order valence-corrected chi connectivity index (χ3v) is 7.96. The first kappa shape index (κ1) is 27.7. The highest BCUT2D eigenvalue weighted by Gasteiger charge is 2.29. The van der Waals surface area contributed by atoms with Crippen molar-refractivity contribution in [2.75, 3.05) is 31.5 Å². The number of rotatable bonds is 5. The van der Waals surface area contributed by atoms with Crippen LogP contribution in [0.4, 0.5) is 11.6 Å². The monoisotopic (exact) mass is 587 g/mol. The first-order valence-electron chi connectivity index (χ1n) is 14.7. The Hall–Kier alpha value is -5.16. The lowest BCUT2D eigenvalue weighted by molar-refractivity contribution is -0.141. The standard InChI is InChI=1S/C33H33N9O2/c1-33(2,3)31(44)40-18-16-39(17-19-40)21-22-11-13-23(14-12-22)36-32-35-20-25-28(38-32)37-29-24-8-4-5-9-26(24)41(42(29)30(25)43)27-10-6-7-15-34-27/h4-15,20H,16-19,21H2,1-3H3,(H,35,36,38). The number of fused-ring (bicyclic) bond motifs is 4. The van der Waals surface area contributed by atoms with E-state index in [2.05, 4.69) is 37.3 Å². The molecule has 0 unspecified atom stereocenters. The van der Waals surface area contributed by atoms with Gasteiger partial charge in [0.25, 0.3) is 5.56 Å². The van der Waals surface area contributed by atoms with Crippen LogP contribution in [0.15, 0.2) is 83.9 Å². The second kappa shape index (κ2) is 10.8. The van der Waals surface area contributed by atoms with Gasteiger partial charge in [-0.3, -0.25) is 14.5 Å². The van der Waals surface area contributed by atoms with Gasteiger partial charge in [-0.05, 0) is 42.0 Å². The van der Waals surface area contributed by atoms with Gasteiger partial charge >= 0.3 is 0 Å². The largest absolute Gasteiger partial charge is 0.340 e. The summed E-state index contributed by atoms with van der Waals surface area (Å²) in [5, 5.41) is 4.39. The number of amides is 1. The fourth-order valence-electron chi connectivity index (χ4n) is 5.71. The van der Waals surface area contributed by atoms with Crippen LogP contribution in [0.1, 0.15) is 26.3 Å². The molecule has 1 saturated heterocycles. The highest BCUT2D eigenvalue weighted by molar-refractivity contribution is 5.95. The Morgan fingerprint density at radius 1 is 0.864 bits per heavy atom. The number of nitrogens with one attached hydrogen (secondary N) is 1. The second-order valence-electron chi connectivity index (χ2n) is 12.1. The molecule has 2 aromatic carbocycles. The Bertz CT molecular complexity index is 2050. The lowest BCUT2D eigenvalue weighted by Gasteiger charge is -2.37. The van der Waals surface area contributed by atoms with Crippen LogP contribution < -0.4 is 10.9 Å². The van der Waals surface area contributed by atoms with E-state index in [0.29, 0.717) is 28.4 Å². The minimum Gasteiger partial charge on any atom is -0.340 e. The van der Waals surface area contributed by atoms with Gasteiger partial charge in [-0.15, -0.1) is 0 Å². The van der Waals surface area contributed by atoms with Crippen molar-refractivity contribution in [1.29, 1.82) is 0 Å². The molecule has 222 valence electrons. The fraction of sp³-hybridized carbons (Fsp3) is 0.273. The lowest BCUT2D eigenvalue weighted by Crippen LogP contribution is -2.51. The summed E-state index contributed by atoms with van der Waals surface area (Å²) in [7, 11) is 0. The van der Waals surface area contributed by atoms with E-state index in [1.807, 2.05) is 80.3 Å². The molecule has 1 aliphatic rings. The Kier molecular flexibility index (Phi) is 6.81. The number of benzene rings is 2. The van der Waals surface area contributed by atoms with Gasteiger partial charge in [0.2, 0.25) is 11.9 Å². The molecule has 1 amide bonds. The van der Waals surface area contributed by atoms with Gasteiger partial charge in [-0.2, -0.15) is 9.50 Å². The first-order chi connectivity index (χ1) is 21.3. The minimum absolute atomic E-state index is 0.213. The Morgan fingerprint density at radius 2 is 1.61 bits per heavy atom. The van der Waals surface area contributed by atoms with Crippen molar-refractivity contribution in [2.45, 2.75) is 27.3 Å². The summed E-state index contributed by atoms with van der Waals surface area (Å²) < 4.78 is 3.31. The zero-order valence-electron chi connectivity index (χ0n) is 24.9. The van der Waals surface area contributed by atoms with Crippen molar-refractivity contribution < 1.29 is 4.79 Å². The number of carbonyl (C=O) groups is 1. The fourth-order valence-corrected chi connectivity index (χ4v) is 5.71. The summed E-state index contributed by atoms with van der Waals surface area (Å²) in [5.74, 6) is 1.18. The van der Waals surface area contributed by atoms with Crippen molar-refractivity contribution in [3.8, 4) is 5.82 Å². The highest BCUT2D eigenvalue weighted by Crippen LogP contribution is 2.25. The van der Waals surface area contributed by atoms with Crippen LogP contribution in [-0.4, -0.2) is 71.0 Å². The molecule has 6 aromatic rings. The molecular formula is C33H33N9O2. The number of carbonyl (C=O) groups excluding carboxylic acids is 1. The van der Waals surface area contributed by atoms with Crippen LogP contribution in [0.3, 0.4) is 0 Å². The topological polar surface area (TPSA) is 114 Å². The predicted octanol–water partition coefficient (Wildman–Crippen LogP) is 4.41. The van der Waals surface area contributed by atoms with Gasteiger partial charge in [0, 0.05) is 61.6 Å². The minimum atomic E-state index is -0.348. The molecule has 44 heavy (non-hydrogen) atoms. The van der Waals surface area contributed by atoms with Crippen LogP contribution in [-0.2, 0) is 11.3 Å². The molecule has 11 heteroatoms. The Labute approximate surface area is 253 Å². The molecule has 0 saturated carbocycles. The third kappa shape index (κ3) is 5.05. The molecule has 11 nitrogen and oxygen atoms in total. The van der Waals surface area contributed by atoms with Gasteiger partial charge in [0.05, 0.1) is 5.52 Å². The van der Waals surface area contributed by atoms with E-state index < -0.39 is 0 Å². The van der Waals surface area contributed by atoms with Crippen LogP contribution in [0.5, 0.6) is 0 Å². The molecule has 5 heterocycles. The summed E-state index contributed by atoms with van der Waals surface area (Å²) in [6, 6.07) is 21.5. The van der Waals surface area contributed by atoms with E-state index in [-0.39, 0.29) is 16.9 Å². The lowest BCUT2D eigenvalue weighted by atomic mass is 9.94. The molecule has 7 rings (SSSR count). The van der Waals surface area contributed by atoms with Gasteiger partial charge < -0.3 is 10.2 Å². The van der Waals surface area contributed by atoms with E-state index in [1.54, 1.807) is 10.9 Å². The average Bonchev–Trinajstić information content (AvgIpc) is 3.36. The summed E-state index contributed by atoms with van der Waals surface area (Å²) in [6.45, 7) is 9.95. The molecule has 4 aromatic heterocycles. The van der Waals surface area contributed by atoms with Crippen LogP contribution in [0, 0.1) is 5.41 Å². The molecule has 0 radical (unpaired) electrons. The van der Waals surface area contributed by atoms with Crippen LogP contribution >= 0.6 is 0 Å². The van der Waals surface area contributed by atoms with Crippen molar-refractivity contribution in [3.05, 3.63) is 95.0 Å². The van der Waals surface area contributed by atoms with Crippen molar-refractivity contribution in [3.63, 3.8) is 0 Å². The van der Waals surface area contributed by atoms with E-state index in [4.69, 9.17) is 4.98 Å². The number of anilines is 2. The van der Waals surface area contributed by atoms with E-state index in [0.717, 1.165) is 49.3 Å². The number of pyridine rings is 1. The summed E-state index contributed by atoms with van der Waals surface area (Å²) in [5.41, 5.74) is 3.03. The summed E-state index contributed by atoms with van der Waals surface area (Å²) in [6.07, 6.45) is 3.21. The Balaban J connectivity index is 1.11. The van der Waals surface area contributed by atoms with Gasteiger partial charge in [-0.1, -0.05) is 51.1 Å². The normalized spacial score (nSPS) is 14.5. The number of hydrogen-bond acceptors (Lipinski definition) is 8. The first-order valence-corrected chi connectivity index (χ1v) is 14.7. The van der Waals surface area contributed by atoms with Crippen molar-refractivity contribution in [2.24, 2.45) is 5.41 Å².